The predicted octanol–water partition coefficient (Wildman–Crippen LogP) is -1.35. The third-order valence-electron chi connectivity index (χ3n) is 4.89. The molecule has 11 heteroatoms. The number of amides is 4. The SMILES string of the molecule is CCC(C)C(NC(=O)CNC(=O)C(N)Cc1ccccc1)C(=O)NC(CC(N)=O)C(=O)O. The first-order valence-corrected chi connectivity index (χ1v) is 10.2. The second kappa shape index (κ2) is 13.1. The van der Waals surface area contributed by atoms with Crippen molar-refractivity contribution in [2.45, 2.75) is 51.2 Å². The van der Waals surface area contributed by atoms with Crippen molar-refractivity contribution in [1.29, 1.82) is 0 Å². The van der Waals surface area contributed by atoms with E-state index in [4.69, 9.17) is 16.6 Å². The Labute approximate surface area is 186 Å². The Morgan fingerprint density at radius 2 is 1.66 bits per heavy atom. The van der Waals surface area contributed by atoms with Gasteiger partial charge < -0.3 is 32.5 Å². The molecule has 4 atom stereocenters. The van der Waals surface area contributed by atoms with E-state index in [-0.39, 0.29) is 5.92 Å². The highest BCUT2D eigenvalue weighted by Gasteiger charge is 2.30. The molecule has 0 saturated heterocycles. The van der Waals surface area contributed by atoms with Gasteiger partial charge in [0, 0.05) is 0 Å². The van der Waals surface area contributed by atoms with Crippen molar-refractivity contribution < 1.29 is 29.1 Å². The van der Waals surface area contributed by atoms with E-state index in [1.54, 1.807) is 13.8 Å². The van der Waals surface area contributed by atoms with Crippen molar-refractivity contribution in [3.63, 3.8) is 0 Å². The monoisotopic (exact) mass is 449 g/mol. The second-order valence-electron chi connectivity index (χ2n) is 7.51. The minimum absolute atomic E-state index is 0.294. The molecule has 1 rings (SSSR count). The first kappa shape index (κ1) is 26.6. The predicted molar refractivity (Wildman–Crippen MR) is 116 cm³/mol. The van der Waals surface area contributed by atoms with Crippen LogP contribution in [-0.2, 0) is 30.4 Å². The Kier molecular flexibility index (Phi) is 10.8. The Morgan fingerprint density at radius 1 is 1.03 bits per heavy atom. The van der Waals surface area contributed by atoms with Gasteiger partial charge in [0.2, 0.25) is 23.6 Å². The first-order valence-electron chi connectivity index (χ1n) is 10.2. The summed E-state index contributed by atoms with van der Waals surface area (Å²) in [5.74, 6) is -4.61. The van der Waals surface area contributed by atoms with Crippen molar-refractivity contribution in [2.24, 2.45) is 17.4 Å². The molecule has 176 valence electrons. The molecule has 1 aromatic carbocycles. The standard InChI is InChI=1S/C21H31N5O6/c1-3-12(2)18(20(30)25-15(21(31)32)10-16(23)27)26-17(28)11-24-19(29)14(22)9-13-7-5-4-6-8-13/h4-8,12,14-15,18H,3,9-11,22H2,1-2H3,(H2,23,27)(H,24,29)(H,25,30)(H,26,28)(H,31,32). The maximum atomic E-state index is 12.6. The molecular weight excluding hydrogens is 418 g/mol. The molecule has 4 amide bonds. The van der Waals surface area contributed by atoms with Gasteiger partial charge in [0.25, 0.3) is 0 Å². The second-order valence-corrected chi connectivity index (χ2v) is 7.51. The molecule has 0 aliphatic rings. The highest BCUT2D eigenvalue weighted by molar-refractivity contribution is 5.93. The molecule has 0 radical (unpaired) electrons. The first-order chi connectivity index (χ1) is 15.0. The highest BCUT2D eigenvalue weighted by atomic mass is 16.4. The fraction of sp³-hybridized carbons (Fsp3) is 0.476. The number of carboxylic acids is 1. The molecule has 0 aliphatic carbocycles. The Morgan fingerprint density at radius 3 is 2.19 bits per heavy atom. The molecule has 8 N–H and O–H groups in total. The zero-order valence-electron chi connectivity index (χ0n) is 18.2. The van der Waals surface area contributed by atoms with Crippen molar-refractivity contribution in [3.8, 4) is 0 Å². The van der Waals surface area contributed by atoms with Gasteiger partial charge in [-0.05, 0) is 17.9 Å². The number of nitrogens with one attached hydrogen (secondary N) is 3. The summed E-state index contributed by atoms with van der Waals surface area (Å²) < 4.78 is 0. The molecule has 11 nitrogen and oxygen atoms in total. The average Bonchev–Trinajstić information content (AvgIpc) is 2.74. The smallest absolute Gasteiger partial charge is 0.326 e. The minimum atomic E-state index is -1.51. The van der Waals surface area contributed by atoms with Gasteiger partial charge in [-0.2, -0.15) is 0 Å². The van der Waals surface area contributed by atoms with Gasteiger partial charge in [0.1, 0.15) is 12.1 Å². The van der Waals surface area contributed by atoms with Crippen LogP contribution in [0.1, 0.15) is 32.3 Å². The molecule has 32 heavy (non-hydrogen) atoms. The fourth-order valence-electron chi connectivity index (χ4n) is 2.85. The van der Waals surface area contributed by atoms with Gasteiger partial charge in [0.05, 0.1) is 19.0 Å². The summed E-state index contributed by atoms with van der Waals surface area (Å²) >= 11 is 0. The van der Waals surface area contributed by atoms with E-state index >= 15 is 0 Å². The van der Waals surface area contributed by atoms with Gasteiger partial charge >= 0.3 is 5.97 Å². The molecule has 0 fully saturated rings. The quantitative estimate of drug-likeness (QED) is 0.214. The number of carboxylic acid groups (broad SMARTS) is 1. The van der Waals surface area contributed by atoms with Crippen LogP contribution in [0.4, 0.5) is 0 Å². The Balaban J connectivity index is 2.67. The number of hydrogen-bond acceptors (Lipinski definition) is 6. The summed E-state index contributed by atoms with van der Waals surface area (Å²) in [6, 6.07) is 5.71. The lowest BCUT2D eigenvalue weighted by Gasteiger charge is -2.25. The van der Waals surface area contributed by atoms with Crippen LogP contribution in [0.5, 0.6) is 0 Å². The largest absolute Gasteiger partial charge is 0.480 e. The fourth-order valence-corrected chi connectivity index (χ4v) is 2.85. The lowest BCUT2D eigenvalue weighted by molar-refractivity contribution is -0.144. The third kappa shape index (κ3) is 9.13. The van der Waals surface area contributed by atoms with Crippen molar-refractivity contribution >= 4 is 29.6 Å². The third-order valence-corrected chi connectivity index (χ3v) is 4.89. The zero-order valence-corrected chi connectivity index (χ0v) is 18.2. The molecule has 0 aromatic heterocycles. The molecule has 0 spiro atoms. The van der Waals surface area contributed by atoms with E-state index in [1.165, 1.54) is 0 Å². The van der Waals surface area contributed by atoms with Crippen LogP contribution in [0.15, 0.2) is 30.3 Å². The number of rotatable bonds is 13. The molecule has 0 heterocycles. The normalized spacial score (nSPS) is 14.3. The van der Waals surface area contributed by atoms with Crippen molar-refractivity contribution in [1.82, 2.24) is 16.0 Å². The number of nitrogens with two attached hydrogens (primary N) is 2. The maximum Gasteiger partial charge on any atom is 0.326 e. The number of benzene rings is 1. The van der Waals surface area contributed by atoms with Crippen LogP contribution in [-0.4, -0.2) is 59.4 Å². The molecule has 0 bridgehead atoms. The van der Waals surface area contributed by atoms with E-state index < -0.39 is 60.7 Å². The number of primary amides is 1. The van der Waals surface area contributed by atoms with Gasteiger partial charge in [0.15, 0.2) is 0 Å². The number of carbonyl (C=O) groups excluding carboxylic acids is 4. The maximum absolute atomic E-state index is 12.6. The summed E-state index contributed by atoms with van der Waals surface area (Å²) in [7, 11) is 0. The van der Waals surface area contributed by atoms with Crippen LogP contribution < -0.4 is 27.4 Å². The van der Waals surface area contributed by atoms with E-state index in [2.05, 4.69) is 16.0 Å². The average molecular weight is 450 g/mol. The van der Waals surface area contributed by atoms with E-state index in [0.29, 0.717) is 12.8 Å². The summed E-state index contributed by atoms with van der Waals surface area (Å²) in [6.07, 6.45) is 0.209. The van der Waals surface area contributed by atoms with E-state index in [0.717, 1.165) is 5.56 Å². The Hall–Kier alpha value is -3.47. The topological polar surface area (TPSA) is 194 Å². The Bertz CT molecular complexity index is 816. The highest BCUT2D eigenvalue weighted by Crippen LogP contribution is 2.09. The number of aliphatic carboxylic acids is 1. The van der Waals surface area contributed by atoms with E-state index in [9.17, 15) is 24.0 Å². The van der Waals surface area contributed by atoms with Crippen molar-refractivity contribution in [3.05, 3.63) is 35.9 Å². The van der Waals surface area contributed by atoms with Gasteiger partial charge in [-0.1, -0.05) is 50.6 Å². The molecular formula is C21H31N5O6. The van der Waals surface area contributed by atoms with Crippen LogP contribution in [0.25, 0.3) is 0 Å². The summed E-state index contributed by atoms with van der Waals surface area (Å²) in [4.78, 5) is 59.4. The van der Waals surface area contributed by atoms with Crippen LogP contribution in [0, 0.1) is 5.92 Å². The lowest BCUT2D eigenvalue weighted by Crippen LogP contribution is -2.56. The van der Waals surface area contributed by atoms with Crippen LogP contribution >= 0.6 is 0 Å². The molecule has 1 aromatic rings. The number of hydrogen-bond donors (Lipinski definition) is 6. The lowest BCUT2D eigenvalue weighted by atomic mass is 9.97. The number of carbonyl (C=O) groups is 5. The summed E-state index contributed by atoms with van der Waals surface area (Å²) in [5.41, 5.74) is 11.8. The van der Waals surface area contributed by atoms with Gasteiger partial charge in [-0.25, -0.2) is 4.79 Å². The molecule has 0 aliphatic heterocycles. The zero-order chi connectivity index (χ0) is 24.3. The van der Waals surface area contributed by atoms with Crippen LogP contribution in [0.2, 0.25) is 0 Å². The van der Waals surface area contributed by atoms with Gasteiger partial charge in [-0.3, -0.25) is 19.2 Å². The van der Waals surface area contributed by atoms with Gasteiger partial charge in [-0.15, -0.1) is 0 Å². The van der Waals surface area contributed by atoms with Crippen molar-refractivity contribution in [2.75, 3.05) is 6.54 Å². The molecule has 4 unspecified atom stereocenters. The summed E-state index contributed by atoms with van der Waals surface area (Å²) in [6.45, 7) is 3.08. The van der Waals surface area contributed by atoms with Crippen LogP contribution in [0.3, 0.4) is 0 Å². The molecule has 0 saturated carbocycles. The minimum Gasteiger partial charge on any atom is -0.480 e. The summed E-state index contributed by atoms with van der Waals surface area (Å²) in [5, 5.41) is 16.3. The van der Waals surface area contributed by atoms with E-state index in [1.807, 2.05) is 30.3 Å².